The molecule has 0 radical (unpaired) electrons. The Morgan fingerprint density at radius 1 is 1.31 bits per heavy atom. The summed E-state index contributed by atoms with van der Waals surface area (Å²) in [5.74, 6) is 1.09. The topological polar surface area (TPSA) is 105 Å². The number of benzene rings is 1. The molecule has 1 aromatic carbocycles. The monoisotopic (exact) mass is 522 g/mol. The standard InChI is InChI=1S/C25H23ClN6O3S/c1-14-10-27-24(29-20-6-7-28-31(20)2)30-21(14)19-9-17-22(36-19)25(12-35-13-25)32(23(17)34)18(11-33)15-4-3-5-16(26)8-15/h3-10,18,33H,11-13H2,1-2H3,(H,27,29,30). The van der Waals surface area contributed by atoms with Gasteiger partial charge in [0.1, 0.15) is 11.4 Å². The van der Waals surface area contributed by atoms with Crippen LogP contribution in [-0.4, -0.2) is 55.5 Å². The van der Waals surface area contributed by atoms with Gasteiger partial charge < -0.3 is 20.1 Å². The minimum Gasteiger partial charge on any atom is -0.394 e. The predicted octanol–water partition coefficient (Wildman–Crippen LogP) is 4.06. The number of nitrogens with zero attached hydrogens (tertiary/aromatic N) is 5. The number of carbonyl (C=O) groups is 1. The molecule has 36 heavy (non-hydrogen) atoms. The van der Waals surface area contributed by atoms with Gasteiger partial charge in [-0.1, -0.05) is 23.7 Å². The van der Waals surface area contributed by atoms with Gasteiger partial charge in [-0.2, -0.15) is 5.10 Å². The van der Waals surface area contributed by atoms with Crippen LogP contribution < -0.4 is 5.32 Å². The lowest BCUT2D eigenvalue weighted by Crippen LogP contribution is -2.58. The SMILES string of the molecule is Cc1cnc(Nc2ccnn2C)nc1-c1cc2c(s1)C1(COC1)N(C(CO)c1cccc(Cl)c1)C2=O. The number of amides is 1. The molecule has 0 saturated carbocycles. The molecular formula is C25H23ClN6O3S. The van der Waals surface area contributed by atoms with Crippen LogP contribution >= 0.6 is 22.9 Å². The molecule has 2 aliphatic rings. The van der Waals surface area contributed by atoms with Crippen LogP contribution in [-0.2, 0) is 17.3 Å². The van der Waals surface area contributed by atoms with Crippen molar-refractivity contribution in [1.29, 1.82) is 0 Å². The largest absolute Gasteiger partial charge is 0.394 e. The zero-order chi connectivity index (χ0) is 25.0. The van der Waals surface area contributed by atoms with Crippen LogP contribution in [0.15, 0.2) is 48.8 Å². The first-order valence-corrected chi connectivity index (χ1v) is 12.6. The van der Waals surface area contributed by atoms with Crippen molar-refractivity contribution in [1.82, 2.24) is 24.6 Å². The minimum absolute atomic E-state index is 0.130. The Morgan fingerprint density at radius 3 is 2.81 bits per heavy atom. The van der Waals surface area contributed by atoms with Crippen molar-refractivity contribution in [3.05, 3.63) is 75.4 Å². The highest BCUT2D eigenvalue weighted by atomic mass is 35.5. The van der Waals surface area contributed by atoms with Crippen molar-refractivity contribution in [2.45, 2.75) is 18.5 Å². The van der Waals surface area contributed by atoms with Crippen LogP contribution in [0, 0.1) is 6.92 Å². The van der Waals surface area contributed by atoms with Gasteiger partial charge in [-0.25, -0.2) is 9.97 Å². The van der Waals surface area contributed by atoms with E-state index in [4.69, 9.17) is 21.3 Å². The lowest BCUT2D eigenvalue weighted by atomic mass is 9.92. The van der Waals surface area contributed by atoms with E-state index < -0.39 is 11.6 Å². The van der Waals surface area contributed by atoms with E-state index in [1.807, 2.05) is 38.2 Å². The Bertz CT molecular complexity index is 1480. The molecule has 0 aliphatic carbocycles. The molecular weight excluding hydrogens is 500 g/mol. The fraction of sp³-hybridized carbons (Fsp3) is 0.280. The lowest BCUT2D eigenvalue weighted by molar-refractivity contribution is -0.139. The van der Waals surface area contributed by atoms with Crippen molar-refractivity contribution in [2.75, 3.05) is 25.1 Å². The van der Waals surface area contributed by atoms with Gasteiger partial charge in [0.2, 0.25) is 5.95 Å². The molecule has 1 amide bonds. The smallest absolute Gasteiger partial charge is 0.256 e. The molecule has 0 bridgehead atoms. The van der Waals surface area contributed by atoms with Crippen LogP contribution in [0.25, 0.3) is 10.6 Å². The second kappa shape index (κ2) is 8.67. The van der Waals surface area contributed by atoms with Crippen LogP contribution in [0.3, 0.4) is 0 Å². The molecule has 2 N–H and O–H groups in total. The predicted molar refractivity (Wildman–Crippen MR) is 137 cm³/mol. The third-order valence-corrected chi connectivity index (χ3v) is 8.30. The van der Waals surface area contributed by atoms with Crippen LogP contribution in [0.1, 0.15) is 32.4 Å². The molecule has 9 nitrogen and oxygen atoms in total. The third-order valence-electron chi connectivity index (χ3n) is 6.73. The number of thiophene rings is 1. The maximum Gasteiger partial charge on any atom is 0.256 e. The van der Waals surface area contributed by atoms with E-state index in [0.717, 1.165) is 32.4 Å². The number of aromatic nitrogens is 4. The van der Waals surface area contributed by atoms with Gasteiger partial charge >= 0.3 is 0 Å². The van der Waals surface area contributed by atoms with Gasteiger partial charge in [0.25, 0.3) is 5.91 Å². The fourth-order valence-electron chi connectivity index (χ4n) is 4.86. The van der Waals surface area contributed by atoms with Crippen molar-refractivity contribution >= 4 is 40.6 Å². The number of aryl methyl sites for hydroxylation is 2. The number of fused-ring (bicyclic) bond motifs is 2. The van der Waals surface area contributed by atoms with Crippen molar-refractivity contribution in [3.63, 3.8) is 0 Å². The van der Waals surface area contributed by atoms with Gasteiger partial charge in [-0.15, -0.1) is 11.3 Å². The fourth-order valence-corrected chi connectivity index (χ4v) is 6.43. The summed E-state index contributed by atoms with van der Waals surface area (Å²) in [6, 6.07) is 10.5. The number of hydrogen-bond donors (Lipinski definition) is 2. The minimum atomic E-state index is -0.623. The molecule has 2 aliphatic heterocycles. The zero-order valence-corrected chi connectivity index (χ0v) is 21.2. The van der Waals surface area contributed by atoms with Crippen LogP contribution in [0.5, 0.6) is 0 Å². The molecule has 1 saturated heterocycles. The summed E-state index contributed by atoms with van der Waals surface area (Å²) >= 11 is 7.76. The average Bonchev–Trinajstić information content (AvgIpc) is 3.51. The maximum atomic E-state index is 13.8. The molecule has 1 fully saturated rings. The van der Waals surface area contributed by atoms with Crippen molar-refractivity contribution < 1.29 is 14.6 Å². The maximum absolute atomic E-state index is 13.8. The van der Waals surface area contributed by atoms with Gasteiger partial charge in [0.15, 0.2) is 0 Å². The molecule has 1 atom stereocenters. The summed E-state index contributed by atoms with van der Waals surface area (Å²) in [5, 5.41) is 18.2. The number of ether oxygens (including phenoxy) is 1. The van der Waals surface area contributed by atoms with Gasteiger partial charge in [0.05, 0.1) is 48.2 Å². The Hall–Kier alpha value is -3.31. The highest BCUT2D eigenvalue weighted by Crippen LogP contribution is 2.53. The molecule has 184 valence electrons. The van der Waals surface area contributed by atoms with Crippen LogP contribution in [0.4, 0.5) is 11.8 Å². The average molecular weight is 523 g/mol. The number of aliphatic hydroxyl groups excluding tert-OH is 1. The second-order valence-corrected chi connectivity index (χ2v) is 10.5. The number of carbonyl (C=O) groups excluding carboxylic acids is 1. The first kappa shape index (κ1) is 23.1. The summed E-state index contributed by atoms with van der Waals surface area (Å²) in [5.41, 5.74) is 2.45. The first-order valence-electron chi connectivity index (χ1n) is 11.4. The molecule has 6 rings (SSSR count). The summed E-state index contributed by atoms with van der Waals surface area (Å²) in [6.45, 7) is 2.48. The third kappa shape index (κ3) is 3.52. The summed E-state index contributed by atoms with van der Waals surface area (Å²) < 4.78 is 7.34. The van der Waals surface area contributed by atoms with Crippen molar-refractivity contribution in [2.24, 2.45) is 7.05 Å². The summed E-state index contributed by atoms with van der Waals surface area (Å²) in [4.78, 5) is 26.5. The highest BCUT2D eigenvalue weighted by Gasteiger charge is 2.58. The van der Waals surface area contributed by atoms with Gasteiger partial charge in [-0.3, -0.25) is 9.48 Å². The molecule has 1 unspecified atom stereocenters. The lowest BCUT2D eigenvalue weighted by Gasteiger charge is -2.48. The normalized spacial score (nSPS) is 16.8. The van der Waals surface area contributed by atoms with E-state index in [0.29, 0.717) is 29.7 Å². The Morgan fingerprint density at radius 2 is 2.14 bits per heavy atom. The Labute approximate surface area is 216 Å². The number of aliphatic hydroxyl groups is 1. The summed E-state index contributed by atoms with van der Waals surface area (Å²) in [7, 11) is 1.84. The van der Waals surface area contributed by atoms with E-state index in [9.17, 15) is 9.90 Å². The first-order chi connectivity index (χ1) is 17.4. The molecule has 3 aromatic heterocycles. The van der Waals surface area contributed by atoms with Crippen molar-refractivity contribution in [3.8, 4) is 10.6 Å². The number of anilines is 2. The number of halogens is 1. The quantitative estimate of drug-likeness (QED) is 0.393. The van der Waals surface area contributed by atoms with E-state index in [1.165, 1.54) is 11.3 Å². The van der Waals surface area contributed by atoms with E-state index >= 15 is 0 Å². The number of hydrogen-bond acceptors (Lipinski definition) is 8. The molecule has 1 spiro atoms. The Balaban J connectivity index is 1.38. The number of nitrogens with one attached hydrogen (secondary N) is 1. The van der Waals surface area contributed by atoms with E-state index in [-0.39, 0.29) is 12.5 Å². The summed E-state index contributed by atoms with van der Waals surface area (Å²) in [6.07, 6.45) is 3.46. The molecule has 11 heteroatoms. The van der Waals surface area contributed by atoms with Crippen LogP contribution in [0.2, 0.25) is 5.02 Å². The second-order valence-electron chi connectivity index (χ2n) is 9.00. The number of rotatable bonds is 6. The zero-order valence-electron chi connectivity index (χ0n) is 19.6. The molecule has 5 heterocycles. The van der Waals surface area contributed by atoms with Gasteiger partial charge in [0, 0.05) is 29.2 Å². The molecule has 4 aromatic rings. The van der Waals surface area contributed by atoms with E-state index in [2.05, 4.69) is 15.4 Å². The van der Waals surface area contributed by atoms with Gasteiger partial charge in [-0.05, 0) is 36.2 Å². The highest BCUT2D eigenvalue weighted by molar-refractivity contribution is 7.16. The Kier molecular flexibility index (Phi) is 5.56. The van der Waals surface area contributed by atoms with E-state index in [1.54, 1.807) is 34.1 Å².